The molecule has 0 aromatic heterocycles. The van der Waals surface area contributed by atoms with E-state index in [4.69, 9.17) is 5.11 Å². The van der Waals surface area contributed by atoms with Gasteiger partial charge in [-0.05, 0) is 43.9 Å². The van der Waals surface area contributed by atoms with Crippen molar-refractivity contribution in [2.75, 3.05) is 13.1 Å². The van der Waals surface area contributed by atoms with Crippen molar-refractivity contribution in [3.63, 3.8) is 0 Å². The molecule has 132 valence electrons. The van der Waals surface area contributed by atoms with Crippen molar-refractivity contribution in [1.29, 1.82) is 0 Å². The molecule has 0 spiro atoms. The number of rotatable bonds is 3. The predicted octanol–water partition coefficient (Wildman–Crippen LogP) is 3.31. The third-order valence-corrected chi connectivity index (χ3v) is 5.35. The topological polar surface area (TPSA) is 57.6 Å². The summed E-state index contributed by atoms with van der Waals surface area (Å²) >= 11 is 0. The molecule has 1 amide bonds. The van der Waals surface area contributed by atoms with Crippen molar-refractivity contribution in [1.82, 2.24) is 4.90 Å². The smallest absolute Gasteiger partial charge is 0.391 e. The lowest BCUT2D eigenvalue weighted by Crippen LogP contribution is -2.45. The van der Waals surface area contributed by atoms with Crippen LogP contribution in [0.1, 0.15) is 45.4 Å². The summed E-state index contributed by atoms with van der Waals surface area (Å²) in [5, 5.41) is 9.09. The maximum atomic E-state index is 12.6. The minimum Gasteiger partial charge on any atom is -0.481 e. The molecule has 2 aliphatic rings. The first-order valence-corrected chi connectivity index (χ1v) is 8.25. The summed E-state index contributed by atoms with van der Waals surface area (Å²) in [4.78, 5) is 25.1. The Morgan fingerprint density at radius 1 is 1.13 bits per heavy atom. The van der Waals surface area contributed by atoms with Crippen molar-refractivity contribution in [3.8, 4) is 0 Å². The Morgan fingerprint density at radius 3 is 2.22 bits per heavy atom. The summed E-state index contributed by atoms with van der Waals surface area (Å²) in [5.74, 6) is -2.58. The molecule has 0 aromatic rings. The number of hydrogen-bond donors (Lipinski definition) is 1. The third kappa shape index (κ3) is 4.61. The summed E-state index contributed by atoms with van der Waals surface area (Å²) in [7, 11) is 0. The Balaban J connectivity index is 1.79. The number of carboxylic acids is 1. The molecule has 1 aliphatic carbocycles. The fraction of sp³-hybridized carbons (Fsp3) is 0.875. The molecule has 23 heavy (non-hydrogen) atoms. The molecular formula is C16H24F3NO3. The van der Waals surface area contributed by atoms with Crippen molar-refractivity contribution >= 4 is 11.9 Å². The van der Waals surface area contributed by atoms with Crippen LogP contribution in [0.3, 0.4) is 0 Å². The molecule has 2 rings (SSSR count). The number of amides is 1. The maximum absolute atomic E-state index is 12.6. The average molecular weight is 335 g/mol. The first-order chi connectivity index (χ1) is 10.7. The minimum atomic E-state index is -4.12. The van der Waals surface area contributed by atoms with E-state index in [1.165, 1.54) is 0 Å². The molecule has 7 heteroatoms. The molecule has 0 bridgehead atoms. The van der Waals surface area contributed by atoms with Gasteiger partial charge in [-0.2, -0.15) is 13.2 Å². The summed E-state index contributed by atoms with van der Waals surface area (Å²) < 4.78 is 37.9. The van der Waals surface area contributed by atoms with Crippen LogP contribution in [0.25, 0.3) is 0 Å². The number of carbonyl (C=O) groups is 2. The van der Waals surface area contributed by atoms with E-state index in [1.807, 2.05) is 6.92 Å². The van der Waals surface area contributed by atoms with Gasteiger partial charge in [0.25, 0.3) is 0 Å². The Bertz CT molecular complexity index is 444. The Morgan fingerprint density at radius 2 is 1.74 bits per heavy atom. The monoisotopic (exact) mass is 335 g/mol. The number of likely N-dealkylation sites (tertiary alicyclic amines) is 1. The standard InChI is InChI=1S/C16H24F3NO3/c1-10-9-20(7-6-13(10)15(22)23)14(21)8-11-2-4-12(5-3-11)16(17,18)19/h10-13H,2-9H2,1H3,(H,22,23). The van der Waals surface area contributed by atoms with Crippen LogP contribution in [0.5, 0.6) is 0 Å². The molecule has 1 N–H and O–H groups in total. The van der Waals surface area contributed by atoms with Crippen molar-refractivity contribution in [2.45, 2.75) is 51.6 Å². The first-order valence-electron chi connectivity index (χ1n) is 8.25. The molecule has 1 heterocycles. The lowest BCUT2D eigenvalue weighted by Gasteiger charge is -2.36. The molecule has 1 saturated heterocycles. The molecule has 2 unspecified atom stereocenters. The van der Waals surface area contributed by atoms with Crippen molar-refractivity contribution in [2.24, 2.45) is 23.7 Å². The highest BCUT2D eigenvalue weighted by atomic mass is 19.4. The van der Waals surface area contributed by atoms with E-state index in [-0.39, 0.29) is 37.0 Å². The van der Waals surface area contributed by atoms with Gasteiger partial charge >= 0.3 is 12.1 Å². The SMILES string of the molecule is CC1CN(C(=O)CC2CCC(C(F)(F)F)CC2)CCC1C(=O)O. The van der Waals surface area contributed by atoms with Crippen LogP contribution in [-0.4, -0.2) is 41.1 Å². The van der Waals surface area contributed by atoms with Gasteiger partial charge in [0, 0.05) is 19.5 Å². The average Bonchev–Trinajstić information content (AvgIpc) is 2.46. The lowest BCUT2D eigenvalue weighted by atomic mass is 9.79. The molecular weight excluding hydrogens is 311 g/mol. The third-order valence-electron chi connectivity index (χ3n) is 5.35. The van der Waals surface area contributed by atoms with Crippen LogP contribution in [0.2, 0.25) is 0 Å². The van der Waals surface area contributed by atoms with Gasteiger partial charge in [-0.15, -0.1) is 0 Å². The van der Waals surface area contributed by atoms with Gasteiger partial charge < -0.3 is 10.0 Å². The van der Waals surface area contributed by atoms with Gasteiger partial charge in [0.1, 0.15) is 0 Å². The van der Waals surface area contributed by atoms with Gasteiger partial charge in [0.15, 0.2) is 0 Å². The highest BCUT2D eigenvalue weighted by Crippen LogP contribution is 2.40. The Hall–Kier alpha value is -1.27. The van der Waals surface area contributed by atoms with Crippen molar-refractivity contribution in [3.05, 3.63) is 0 Å². The number of nitrogens with zero attached hydrogens (tertiary/aromatic N) is 1. The second-order valence-corrected chi connectivity index (χ2v) is 7.01. The molecule has 2 fully saturated rings. The van der Waals surface area contributed by atoms with Crippen LogP contribution in [0, 0.1) is 23.7 Å². The maximum Gasteiger partial charge on any atom is 0.391 e. The predicted molar refractivity (Wildman–Crippen MR) is 77.6 cm³/mol. The van der Waals surface area contributed by atoms with Gasteiger partial charge in [-0.1, -0.05) is 6.92 Å². The number of alkyl halides is 3. The number of aliphatic carboxylic acids is 1. The highest BCUT2D eigenvalue weighted by Gasteiger charge is 2.42. The van der Waals surface area contributed by atoms with Crippen LogP contribution in [0.4, 0.5) is 13.2 Å². The van der Waals surface area contributed by atoms with Crippen LogP contribution in [0.15, 0.2) is 0 Å². The molecule has 1 aliphatic heterocycles. The zero-order chi connectivity index (χ0) is 17.2. The minimum absolute atomic E-state index is 0.0219. The summed E-state index contributed by atoms with van der Waals surface area (Å²) in [6.45, 7) is 2.68. The van der Waals surface area contributed by atoms with E-state index >= 15 is 0 Å². The van der Waals surface area contributed by atoms with E-state index < -0.39 is 24.0 Å². The zero-order valence-electron chi connectivity index (χ0n) is 13.3. The second kappa shape index (κ2) is 7.09. The van der Waals surface area contributed by atoms with E-state index in [0.29, 0.717) is 32.4 Å². The largest absolute Gasteiger partial charge is 0.481 e. The van der Waals surface area contributed by atoms with E-state index in [9.17, 15) is 22.8 Å². The molecule has 0 aromatic carbocycles. The van der Waals surface area contributed by atoms with Gasteiger partial charge in [0.05, 0.1) is 11.8 Å². The zero-order valence-corrected chi connectivity index (χ0v) is 13.3. The van der Waals surface area contributed by atoms with E-state index in [1.54, 1.807) is 4.90 Å². The van der Waals surface area contributed by atoms with Gasteiger partial charge in [0.2, 0.25) is 5.91 Å². The number of hydrogen-bond acceptors (Lipinski definition) is 2. The normalized spacial score (nSPS) is 32.6. The fourth-order valence-corrected chi connectivity index (χ4v) is 3.81. The Kier molecular flexibility index (Phi) is 5.57. The summed E-state index contributed by atoms with van der Waals surface area (Å²) in [6, 6.07) is 0. The van der Waals surface area contributed by atoms with Crippen molar-refractivity contribution < 1.29 is 27.9 Å². The Labute approximate surface area is 134 Å². The number of halogens is 3. The first kappa shape index (κ1) is 18.1. The van der Waals surface area contributed by atoms with Crippen LogP contribution < -0.4 is 0 Å². The summed E-state index contributed by atoms with van der Waals surface area (Å²) in [5.41, 5.74) is 0. The van der Waals surface area contributed by atoms with Gasteiger partial charge in [-0.3, -0.25) is 9.59 Å². The van der Waals surface area contributed by atoms with Crippen LogP contribution in [-0.2, 0) is 9.59 Å². The molecule has 4 nitrogen and oxygen atoms in total. The van der Waals surface area contributed by atoms with Crippen LogP contribution >= 0.6 is 0 Å². The highest BCUT2D eigenvalue weighted by molar-refractivity contribution is 5.77. The number of piperidine rings is 1. The fourth-order valence-electron chi connectivity index (χ4n) is 3.81. The van der Waals surface area contributed by atoms with Gasteiger partial charge in [-0.25, -0.2) is 0 Å². The van der Waals surface area contributed by atoms with E-state index in [0.717, 1.165) is 0 Å². The number of carboxylic acid groups (broad SMARTS) is 1. The molecule has 0 radical (unpaired) electrons. The van der Waals surface area contributed by atoms with E-state index in [2.05, 4.69) is 0 Å². The molecule has 1 saturated carbocycles. The second-order valence-electron chi connectivity index (χ2n) is 7.01. The summed E-state index contributed by atoms with van der Waals surface area (Å²) in [6.07, 6.45) is -2.28. The lowest BCUT2D eigenvalue weighted by molar-refractivity contribution is -0.184. The number of carbonyl (C=O) groups excluding carboxylic acids is 1. The molecule has 2 atom stereocenters. The quantitative estimate of drug-likeness (QED) is 0.861.